The van der Waals surface area contributed by atoms with Gasteiger partial charge >= 0.3 is 0 Å². The molecule has 0 aliphatic heterocycles. The predicted octanol–water partition coefficient (Wildman–Crippen LogP) is 4.45. The molecule has 0 atom stereocenters. The van der Waals surface area contributed by atoms with E-state index in [0.717, 1.165) is 16.7 Å². The SMILES string of the molecule is N#CN=C1c2ccccc2-c2nc(-c3ccc(C#N)cc3)c(-c3c#cc(C#N)cc3)nc21. The third kappa shape index (κ3) is 2.94. The van der Waals surface area contributed by atoms with Crippen LogP contribution in [0.4, 0.5) is 0 Å². The smallest absolute Gasteiger partial charge is 0.206 e. The van der Waals surface area contributed by atoms with E-state index in [-0.39, 0.29) is 0 Å². The van der Waals surface area contributed by atoms with Gasteiger partial charge in [-0.15, -0.1) is 0 Å². The Bertz CT molecular complexity index is 1530. The van der Waals surface area contributed by atoms with E-state index in [1.807, 2.05) is 48.7 Å². The van der Waals surface area contributed by atoms with Crippen molar-refractivity contribution in [3.63, 3.8) is 0 Å². The molecule has 0 unspecified atom stereocenters. The van der Waals surface area contributed by atoms with E-state index in [1.165, 1.54) is 0 Å². The first-order valence-electron chi connectivity index (χ1n) is 9.57. The Labute approximate surface area is 184 Å². The molecule has 3 aromatic carbocycles. The lowest BCUT2D eigenvalue weighted by atomic mass is 10.0. The number of benzene rings is 2. The molecule has 32 heavy (non-hydrogen) atoms. The van der Waals surface area contributed by atoms with Crippen LogP contribution in [-0.2, 0) is 0 Å². The Morgan fingerprint density at radius 2 is 1.44 bits per heavy atom. The number of fused-ring (bicyclic) bond motifs is 3. The van der Waals surface area contributed by atoms with E-state index < -0.39 is 0 Å². The molecule has 1 aliphatic carbocycles. The molecule has 6 heteroatoms. The standard InChI is InChI=1S/C26H10N6/c27-13-16-5-9-18(10-6-16)22-23(19-11-7-17(14-28)8-12-19)32-26-24(30-15-29)20-3-1-2-4-21(20)25(26)31-22/h1-7,9-11H. The van der Waals surface area contributed by atoms with Gasteiger partial charge in [0.05, 0.1) is 28.6 Å². The van der Waals surface area contributed by atoms with Crippen molar-refractivity contribution in [2.75, 3.05) is 0 Å². The van der Waals surface area contributed by atoms with Crippen LogP contribution in [0.5, 0.6) is 0 Å². The summed E-state index contributed by atoms with van der Waals surface area (Å²) in [5.74, 6) is 0. The van der Waals surface area contributed by atoms with Gasteiger partial charge < -0.3 is 0 Å². The molecule has 144 valence electrons. The summed E-state index contributed by atoms with van der Waals surface area (Å²) in [4.78, 5) is 13.8. The van der Waals surface area contributed by atoms with Crippen LogP contribution in [0.2, 0.25) is 0 Å². The fraction of sp³-hybridized carbons (Fsp3) is 0. The molecular formula is C26H10N6. The highest BCUT2D eigenvalue weighted by molar-refractivity contribution is 6.23. The van der Waals surface area contributed by atoms with Crippen LogP contribution in [0, 0.1) is 46.3 Å². The van der Waals surface area contributed by atoms with E-state index in [4.69, 9.17) is 20.5 Å². The third-order valence-corrected chi connectivity index (χ3v) is 5.13. The van der Waals surface area contributed by atoms with Crippen molar-refractivity contribution in [1.82, 2.24) is 9.97 Å². The maximum absolute atomic E-state index is 9.25. The average molecular weight is 406 g/mol. The van der Waals surface area contributed by atoms with Gasteiger partial charge in [-0.25, -0.2) is 9.97 Å². The van der Waals surface area contributed by atoms with E-state index in [2.05, 4.69) is 23.2 Å². The molecule has 1 aliphatic rings. The van der Waals surface area contributed by atoms with Gasteiger partial charge in [0, 0.05) is 16.7 Å². The minimum atomic E-state index is 0.363. The first kappa shape index (κ1) is 18.7. The van der Waals surface area contributed by atoms with Gasteiger partial charge in [0.1, 0.15) is 28.7 Å². The van der Waals surface area contributed by atoms with Crippen molar-refractivity contribution >= 4 is 5.71 Å². The van der Waals surface area contributed by atoms with Gasteiger partial charge in [-0.05, 0) is 24.3 Å². The van der Waals surface area contributed by atoms with Crippen LogP contribution < -0.4 is 0 Å². The zero-order chi connectivity index (χ0) is 22.1. The fourth-order valence-electron chi connectivity index (χ4n) is 3.65. The summed E-state index contributed by atoms with van der Waals surface area (Å²) in [6.07, 6.45) is 1.86. The number of nitrogens with zero attached hydrogens (tertiary/aromatic N) is 6. The first-order chi connectivity index (χ1) is 15.7. The second-order valence-corrected chi connectivity index (χ2v) is 6.94. The van der Waals surface area contributed by atoms with E-state index >= 15 is 0 Å². The zero-order valence-electron chi connectivity index (χ0n) is 16.5. The maximum Gasteiger partial charge on any atom is 0.206 e. The molecule has 0 saturated heterocycles. The molecule has 0 radical (unpaired) electrons. The number of aliphatic imine (C=N–C) groups is 1. The fourth-order valence-corrected chi connectivity index (χ4v) is 3.65. The van der Waals surface area contributed by atoms with Crippen molar-refractivity contribution in [3.05, 3.63) is 95.2 Å². The average Bonchev–Trinajstić information content (AvgIpc) is 3.16. The van der Waals surface area contributed by atoms with Crippen molar-refractivity contribution < 1.29 is 0 Å². The summed E-state index contributed by atoms with van der Waals surface area (Å²) >= 11 is 0. The minimum absolute atomic E-state index is 0.363. The first-order valence-corrected chi connectivity index (χ1v) is 9.57. The van der Waals surface area contributed by atoms with E-state index in [0.29, 0.717) is 45.2 Å². The highest BCUT2D eigenvalue weighted by Crippen LogP contribution is 2.39. The van der Waals surface area contributed by atoms with Crippen LogP contribution in [0.1, 0.15) is 22.4 Å². The lowest BCUT2D eigenvalue weighted by Gasteiger charge is -2.11. The Kier molecular flexibility index (Phi) is 4.39. The van der Waals surface area contributed by atoms with Gasteiger partial charge in [0.15, 0.2) is 0 Å². The number of nitriles is 3. The summed E-state index contributed by atoms with van der Waals surface area (Å²) in [6, 6.07) is 28.0. The van der Waals surface area contributed by atoms with Crippen molar-refractivity contribution in [1.29, 1.82) is 15.8 Å². The van der Waals surface area contributed by atoms with Crippen molar-refractivity contribution in [3.8, 4) is 52.1 Å². The summed E-state index contributed by atoms with van der Waals surface area (Å²) < 4.78 is 0. The number of hydrogen-bond donors (Lipinski definition) is 0. The van der Waals surface area contributed by atoms with E-state index in [9.17, 15) is 5.26 Å². The molecule has 0 bridgehead atoms. The molecule has 0 fully saturated rings. The van der Waals surface area contributed by atoms with Crippen LogP contribution >= 0.6 is 0 Å². The summed E-state index contributed by atoms with van der Waals surface area (Å²) in [5, 5.41) is 27.5. The monoisotopic (exact) mass is 406 g/mol. The lowest BCUT2D eigenvalue weighted by Crippen LogP contribution is -2.04. The molecule has 0 N–H and O–H groups in total. The summed E-state index contributed by atoms with van der Waals surface area (Å²) in [7, 11) is 0. The molecule has 6 nitrogen and oxygen atoms in total. The molecular weight excluding hydrogens is 396 g/mol. The second-order valence-electron chi connectivity index (χ2n) is 6.94. The minimum Gasteiger partial charge on any atom is -0.243 e. The highest BCUT2D eigenvalue weighted by Gasteiger charge is 2.30. The summed E-state index contributed by atoms with van der Waals surface area (Å²) in [5.41, 5.74) is 6.65. The lowest BCUT2D eigenvalue weighted by molar-refractivity contribution is 1.20. The van der Waals surface area contributed by atoms with Gasteiger partial charge in [-0.1, -0.05) is 48.5 Å². The molecule has 0 saturated carbocycles. The summed E-state index contributed by atoms with van der Waals surface area (Å²) in [6.45, 7) is 0. The van der Waals surface area contributed by atoms with Gasteiger partial charge in [-0.3, -0.25) is 0 Å². The Balaban J connectivity index is 1.81. The van der Waals surface area contributed by atoms with Crippen molar-refractivity contribution in [2.45, 2.75) is 0 Å². The largest absolute Gasteiger partial charge is 0.243 e. The van der Waals surface area contributed by atoms with Crippen LogP contribution in [0.15, 0.2) is 65.7 Å². The third-order valence-electron chi connectivity index (χ3n) is 5.13. The highest BCUT2D eigenvalue weighted by atomic mass is 14.9. The van der Waals surface area contributed by atoms with Crippen LogP contribution in [-0.4, -0.2) is 15.7 Å². The maximum atomic E-state index is 9.25. The predicted molar refractivity (Wildman–Crippen MR) is 117 cm³/mol. The van der Waals surface area contributed by atoms with Gasteiger partial charge in [0.2, 0.25) is 6.19 Å². The number of aromatic nitrogens is 2. The zero-order valence-corrected chi connectivity index (χ0v) is 16.5. The second kappa shape index (κ2) is 7.51. The Morgan fingerprint density at radius 1 is 0.688 bits per heavy atom. The van der Waals surface area contributed by atoms with Crippen molar-refractivity contribution in [2.24, 2.45) is 4.99 Å². The van der Waals surface area contributed by atoms with Crippen LogP contribution in [0.25, 0.3) is 33.8 Å². The Hall–Kier alpha value is -5.30. The normalized spacial score (nSPS) is 12.1. The molecule has 1 heterocycles. The van der Waals surface area contributed by atoms with Crippen LogP contribution in [0.3, 0.4) is 0 Å². The molecule has 0 spiro atoms. The topological polar surface area (TPSA) is 110 Å². The molecule has 1 aromatic heterocycles. The molecule has 4 aromatic rings. The quantitative estimate of drug-likeness (QED) is 0.402. The van der Waals surface area contributed by atoms with E-state index in [1.54, 1.807) is 24.3 Å². The Morgan fingerprint density at radius 3 is 2.09 bits per heavy atom. The number of hydrogen-bond acceptors (Lipinski definition) is 6. The molecule has 5 rings (SSSR count). The van der Waals surface area contributed by atoms with Gasteiger partial charge in [-0.2, -0.15) is 20.8 Å². The molecule has 0 amide bonds. The van der Waals surface area contributed by atoms with Gasteiger partial charge in [0.25, 0.3) is 0 Å². The number of rotatable bonds is 2.